The van der Waals surface area contributed by atoms with E-state index >= 15 is 0 Å². The summed E-state index contributed by atoms with van der Waals surface area (Å²) in [5, 5.41) is 11.2. The fourth-order valence-corrected chi connectivity index (χ4v) is 1.39. The van der Waals surface area contributed by atoms with Crippen molar-refractivity contribution in [3.05, 3.63) is 29.3 Å². The van der Waals surface area contributed by atoms with Gasteiger partial charge in [-0.05, 0) is 24.1 Å². The first-order valence-corrected chi connectivity index (χ1v) is 5.57. The molecule has 0 unspecified atom stereocenters. The minimum atomic E-state index is -4.58. The summed E-state index contributed by atoms with van der Waals surface area (Å²) in [6.07, 6.45) is -4.58. The smallest absolute Gasteiger partial charge is 0.417 e. The number of hydrogen-bond acceptors (Lipinski definition) is 3. The Labute approximate surface area is 108 Å². The molecule has 0 heterocycles. The topological polar surface area (TPSA) is 67.8 Å². The third-order valence-corrected chi connectivity index (χ3v) is 2.26. The van der Waals surface area contributed by atoms with Crippen molar-refractivity contribution in [1.29, 1.82) is 0 Å². The van der Waals surface area contributed by atoms with Crippen molar-refractivity contribution in [2.24, 2.45) is 16.8 Å². The molecule has 0 fully saturated rings. The van der Waals surface area contributed by atoms with Crippen LogP contribution in [0.4, 0.5) is 13.2 Å². The highest BCUT2D eigenvalue weighted by molar-refractivity contribution is 5.99. The van der Waals surface area contributed by atoms with Crippen LogP contribution in [0.25, 0.3) is 0 Å². The molecule has 0 aromatic heterocycles. The van der Waals surface area contributed by atoms with E-state index in [-0.39, 0.29) is 11.7 Å². The zero-order valence-corrected chi connectivity index (χ0v) is 10.5. The summed E-state index contributed by atoms with van der Waals surface area (Å²) < 4.78 is 43.6. The Morgan fingerprint density at radius 1 is 1.42 bits per heavy atom. The second kappa shape index (κ2) is 5.81. The number of nitrogens with two attached hydrogens (primary N) is 1. The molecular weight excluding hydrogens is 261 g/mol. The van der Waals surface area contributed by atoms with Gasteiger partial charge in [0.2, 0.25) is 0 Å². The number of alkyl halides is 3. The summed E-state index contributed by atoms with van der Waals surface area (Å²) in [5.41, 5.74) is 3.88. The molecule has 0 saturated heterocycles. The fourth-order valence-electron chi connectivity index (χ4n) is 1.39. The van der Waals surface area contributed by atoms with Gasteiger partial charge in [0.05, 0.1) is 12.2 Å². The van der Waals surface area contributed by atoms with Crippen molar-refractivity contribution in [2.45, 2.75) is 20.0 Å². The van der Waals surface area contributed by atoms with Crippen LogP contribution in [-0.2, 0) is 6.18 Å². The Morgan fingerprint density at radius 3 is 2.53 bits per heavy atom. The molecule has 0 atom stereocenters. The quantitative estimate of drug-likeness (QED) is 0.384. The van der Waals surface area contributed by atoms with E-state index in [1.165, 1.54) is 6.07 Å². The number of benzene rings is 1. The first-order chi connectivity index (χ1) is 8.75. The molecule has 3 N–H and O–H groups in total. The van der Waals surface area contributed by atoms with Crippen LogP contribution in [0, 0.1) is 5.92 Å². The van der Waals surface area contributed by atoms with Gasteiger partial charge in [0, 0.05) is 5.56 Å². The van der Waals surface area contributed by atoms with Crippen LogP contribution in [0.2, 0.25) is 0 Å². The molecule has 1 rings (SSSR count). The standard InChI is InChI=1S/C12H15F3N2O2/c1-7(2)6-19-8-3-4-10(12(13,14)15)9(5-8)11(16)17-18/h3-5,7,18H,6H2,1-2H3,(H2,16,17). The largest absolute Gasteiger partial charge is 0.493 e. The fraction of sp³-hybridized carbons (Fsp3) is 0.417. The van der Waals surface area contributed by atoms with Crippen LogP contribution in [0.15, 0.2) is 23.4 Å². The van der Waals surface area contributed by atoms with E-state index in [1.807, 2.05) is 13.8 Å². The van der Waals surface area contributed by atoms with Gasteiger partial charge in [-0.15, -0.1) is 0 Å². The molecule has 19 heavy (non-hydrogen) atoms. The number of halogens is 3. The van der Waals surface area contributed by atoms with Gasteiger partial charge < -0.3 is 15.7 Å². The minimum Gasteiger partial charge on any atom is -0.493 e. The van der Waals surface area contributed by atoms with E-state index in [9.17, 15) is 13.2 Å². The normalized spacial score (nSPS) is 12.8. The zero-order valence-electron chi connectivity index (χ0n) is 10.5. The molecule has 0 amide bonds. The predicted molar refractivity (Wildman–Crippen MR) is 64.3 cm³/mol. The monoisotopic (exact) mass is 276 g/mol. The second-order valence-electron chi connectivity index (χ2n) is 4.40. The van der Waals surface area contributed by atoms with Crippen molar-refractivity contribution in [1.82, 2.24) is 0 Å². The van der Waals surface area contributed by atoms with Crippen LogP contribution in [0.3, 0.4) is 0 Å². The van der Waals surface area contributed by atoms with Crippen LogP contribution in [0.5, 0.6) is 5.75 Å². The molecule has 0 bridgehead atoms. The summed E-state index contributed by atoms with van der Waals surface area (Å²) in [4.78, 5) is 0. The third kappa shape index (κ3) is 4.04. The summed E-state index contributed by atoms with van der Waals surface area (Å²) in [6.45, 7) is 4.18. The third-order valence-electron chi connectivity index (χ3n) is 2.26. The lowest BCUT2D eigenvalue weighted by molar-refractivity contribution is -0.137. The summed E-state index contributed by atoms with van der Waals surface area (Å²) in [7, 11) is 0. The molecule has 1 aromatic rings. The minimum absolute atomic E-state index is 0.231. The lowest BCUT2D eigenvalue weighted by Crippen LogP contribution is -2.20. The number of nitrogens with zero attached hydrogens (tertiary/aromatic N) is 1. The van der Waals surface area contributed by atoms with E-state index < -0.39 is 23.1 Å². The Hall–Kier alpha value is -1.92. The highest BCUT2D eigenvalue weighted by Crippen LogP contribution is 2.33. The number of amidine groups is 1. The van der Waals surface area contributed by atoms with Crippen molar-refractivity contribution >= 4 is 5.84 Å². The molecule has 0 aliphatic carbocycles. The van der Waals surface area contributed by atoms with E-state index in [0.717, 1.165) is 12.1 Å². The van der Waals surface area contributed by atoms with Crippen molar-refractivity contribution < 1.29 is 23.1 Å². The maximum absolute atomic E-state index is 12.8. The van der Waals surface area contributed by atoms with E-state index in [2.05, 4.69) is 5.16 Å². The lowest BCUT2D eigenvalue weighted by atomic mass is 10.1. The number of oxime groups is 1. The van der Waals surface area contributed by atoms with Gasteiger partial charge in [-0.25, -0.2) is 0 Å². The van der Waals surface area contributed by atoms with Crippen molar-refractivity contribution in [3.8, 4) is 5.75 Å². The molecule has 0 aliphatic heterocycles. The van der Waals surface area contributed by atoms with E-state index in [1.54, 1.807) is 0 Å². The maximum atomic E-state index is 12.8. The average molecular weight is 276 g/mol. The highest BCUT2D eigenvalue weighted by atomic mass is 19.4. The van der Waals surface area contributed by atoms with Crippen molar-refractivity contribution in [2.75, 3.05) is 6.61 Å². The molecule has 4 nitrogen and oxygen atoms in total. The van der Waals surface area contributed by atoms with Gasteiger partial charge in [-0.2, -0.15) is 13.2 Å². The Balaban J connectivity index is 3.16. The molecular formula is C12H15F3N2O2. The molecule has 0 saturated carbocycles. The number of hydrogen-bond donors (Lipinski definition) is 2. The molecule has 1 aromatic carbocycles. The van der Waals surface area contributed by atoms with Gasteiger partial charge in [0.1, 0.15) is 5.75 Å². The van der Waals surface area contributed by atoms with Crippen LogP contribution in [-0.4, -0.2) is 17.6 Å². The Kier molecular flexibility index (Phi) is 4.63. The molecule has 0 spiro atoms. The average Bonchev–Trinajstić information content (AvgIpc) is 2.33. The summed E-state index contributed by atoms with van der Waals surface area (Å²) >= 11 is 0. The maximum Gasteiger partial charge on any atom is 0.417 e. The Morgan fingerprint density at radius 2 is 2.05 bits per heavy atom. The van der Waals surface area contributed by atoms with E-state index in [0.29, 0.717) is 6.61 Å². The first-order valence-electron chi connectivity index (χ1n) is 5.57. The van der Waals surface area contributed by atoms with Crippen molar-refractivity contribution in [3.63, 3.8) is 0 Å². The number of ether oxygens (including phenoxy) is 1. The summed E-state index contributed by atoms with van der Waals surface area (Å²) in [6, 6.07) is 3.17. The molecule has 0 radical (unpaired) electrons. The first kappa shape index (κ1) is 15.1. The zero-order chi connectivity index (χ0) is 14.6. The van der Waals surface area contributed by atoms with Crippen LogP contribution >= 0.6 is 0 Å². The van der Waals surface area contributed by atoms with Gasteiger partial charge >= 0.3 is 6.18 Å². The van der Waals surface area contributed by atoms with Crippen LogP contribution < -0.4 is 10.5 Å². The van der Waals surface area contributed by atoms with E-state index in [4.69, 9.17) is 15.7 Å². The Bertz CT molecular complexity index is 471. The SMILES string of the molecule is CC(C)COc1ccc(C(F)(F)F)c(/C(N)=N/O)c1. The van der Waals surface area contributed by atoms with Crippen LogP contribution in [0.1, 0.15) is 25.0 Å². The number of rotatable bonds is 4. The highest BCUT2D eigenvalue weighted by Gasteiger charge is 2.34. The lowest BCUT2D eigenvalue weighted by Gasteiger charge is -2.14. The summed E-state index contributed by atoms with van der Waals surface area (Å²) in [5.74, 6) is -0.139. The molecule has 106 valence electrons. The molecule has 7 heteroatoms. The molecule has 0 aliphatic rings. The van der Waals surface area contributed by atoms with Gasteiger partial charge in [-0.3, -0.25) is 0 Å². The van der Waals surface area contributed by atoms with Gasteiger partial charge in [-0.1, -0.05) is 19.0 Å². The van der Waals surface area contributed by atoms with Gasteiger partial charge in [0.15, 0.2) is 5.84 Å². The van der Waals surface area contributed by atoms with Gasteiger partial charge in [0.25, 0.3) is 0 Å². The predicted octanol–water partition coefficient (Wildman–Crippen LogP) is 2.83. The second-order valence-corrected chi connectivity index (χ2v) is 4.40.